The summed E-state index contributed by atoms with van der Waals surface area (Å²) in [6.45, 7) is 7.39. The number of rotatable bonds is 30. The number of carboxylic acids is 1. The Morgan fingerprint density at radius 2 is 1.21 bits per heavy atom. The van der Waals surface area contributed by atoms with Crippen LogP contribution in [0.3, 0.4) is 0 Å². The van der Waals surface area contributed by atoms with Gasteiger partial charge in [0, 0.05) is 6.54 Å². The molecular formula is C42H69N13O13. The van der Waals surface area contributed by atoms with Gasteiger partial charge in [0.25, 0.3) is 0 Å². The predicted molar refractivity (Wildman–Crippen MR) is 245 cm³/mol. The number of carbonyl (C=O) groups is 10. The number of aliphatic imine (C=N–C) groups is 1. The first-order valence-corrected chi connectivity index (χ1v) is 21.8. The van der Waals surface area contributed by atoms with Crippen LogP contribution >= 0.6 is 0 Å². The molecule has 0 aliphatic heterocycles. The molecule has 0 unspecified atom stereocenters. The Morgan fingerprint density at radius 3 is 1.74 bits per heavy atom. The second-order valence-corrected chi connectivity index (χ2v) is 16.8. The average Bonchev–Trinajstić information content (AvgIpc) is 3.25. The van der Waals surface area contributed by atoms with Gasteiger partial charge in [-0.05, 0) is 56.9 Å². The van der Waals surface area contributed by atoms with E-state index in [2.05, 4.69) is 47.5 Å². The molecule has 0 spiro atoms. The van der Waals surface area contributed by atoms with Crippen molar-refractivity contribution in [3.05, 3.63) is 35.9 Å². The molecule has 1 aromatic carbocycles. The van der Waals surface area contributed by atoms with E-state index in [1.54, 1.807) is 58.0 Å². The average molecular weight is 964 g/mol. The minimum atomic E-state index is -1.75. The number of amides is 9. The number of primary amides is 1. The maximum Gasteiger partial charge on any atom is 0.326 e. The number of benzene rings is 1. The van der Waals surface area contributed by atoms with Gasteiger partial charge in [0.15, 0.2) is 5.96 Å². The Balaban J connectivity index is 3.02. The molecule has 9 amide bonds. The number of aliphatic hydroxyl groups excluding tert-OH is 2. The fourth-order valence-electron chi connectivity index (χ4n) is 6.22. The summed E-state index contributed by atoms with van der Waals surface area (Å²) >= 11 is 0. The molecule has 0 aliphatic rings. The van der Waals surface area contributed by atoms with Crippen molar-refractivity contribution < 1.29 is 63.3 Å². The van der Waals surface area contributed by atoms with Crippen LogP contribution in [-0.2, 0) is 54.4 Å². The van der Waals surface area contributed by atoms with Crippen molar-refractivity contribution in [2.75, 3.05) is 19.7 Å². The number of hydrogen-bond donors (Lipinski definition) is 15. The molecule has 1 rings (SSSR count). The van der Waals surface area contributed by atoms with Crippen LogP contribution in [0.15, 0.2) is 35.3 Å². The third-order valence-electron chi connectivity index (χ3n) is 9.89. The standard InChI is InChI=1S/C42H69N13O13/c1-20(2)15-27(36(62)49-22(5)34(60)55-33(23(6)57)39(65)48-18-31(59)50-26(41(67)68)13-10-14-47-42(45)46)51-37(63)28(17-30(44)58)52-38(64)29(19-56)53-40(66)32(21(3)4)54-35(61)25(43)16-24-11-8-7-9-12-24/h7-9,11-12,20-23,25-29,32-33,56-57H,10,13-19,43H2,1-6H3,(H2,44,58)(H,48,65)(H,49,62)(H,50,59)(H,51,63)(H,52,64)(H,53,66)(H,54,61)(H,55,60)(H,67,68)(H4,45,46,47)/t22-,23+,25-,26-,27-,28-,29-,32-,33-/m0/s1. The Labute approximate surface area is 393 Å². The van der Waals surface area contributed by atoms with Crippen molar-refractivity contribution in [3.8, 4) is 0 Å². The lowest BCUT2D eigenvalue weighted by atomic mass is 10.0. The summed E-state index contributed by atoms with van der Waals surface area (Å²) in [6.07, 6.45) is -2.06. The van der Waals surface area contributed by atoms with Crippen LogP contribution in [0.2, 0.25) is 0 Å². The summed E-state index contributed by atoms with van der Waals surface area (Å²) in [5.41, 5.74) is 22.7. The van der Waals surface area contributed by atoms with E-state index in [0.717, 1.165) is 12.5 Å². The van der Waals surface area contributed by atoms with Gasteiger partial charge in [-0.15, -0.1) is 0 Å². The van der Waals surface area contributed by atoms with E-state index in [-0.39, 0.29) is 44.1 Å². The third kappa shape index (κ3) is 22.0. The van der Waals surface area contributed by atoms with Crippen LogP contribution in [0, 0.1) is 11.8 Å². The van der Waals surface area contributed by atoms with E-state index in [4.69, 9.17) is 22.9 Å². The molecule has 0 aromatic heterocycles. The summed E-state index contributed by atoms with van der Waals surface area (Å²) in [4.78, 5) is 133. The molecule has 380 valence electrons. The highest BCUT2D eigenvalue weighted by Crippen LogP contribution is 2.09. The van der Waals surface area contributed by atoms with Crippen molar-refractivity contribution in [1.29, 1.82) is 0 Å². The number of nitrogens with zero attached hydrogens (tertiary/aromatic N) is 1. The quantitative estimate of drug-likeness (QED) is 0.0194. The van der Waals surface area contributed by atoms with Gasteiger partial charge in [-0.2, -0.15) is 0 Å². The Morgan fingerprint density at radius 1 is 0.647 bits per heavy atom. The minimum Gasteiger partial charge on any atom is -0.480 e. The van der Waals surface area contributed by atoms with Crippen LogP contribution < -0.4 is 65.5 Å². The van der Waals surface area contributed by atoms with Gasteiger partial charge in [-0.1, -0.05) is 58.0 Å². The molecule has 0 heterocycles. The lowest BCUT2D eigenvalue weighted by Crippen LogP contribution is -2.61. The van der Waals surface area contributed by atoms with E-state index < -0.39 is 139 Å². The zero-order valence-corrected chi connectivity index (χ0v) is 39.1. The first kappa shape index (κ1) is 59.1. The Bertz CT molecular complexity index is 1930. The van der Waals surface area contributed by atoms with Crippen LogP contribution in [0.4, 0.5) is 0 Å². The molecule has 0 radical (unpaired) electrons. The first-order valence-electron chi connectivity index (χ1n) is 21.8. The molecule has 19 N–H and O–H groups in total. The smallest absolute Gasteiger partial charge is 0.326 e. The molecule has 0 saturated carbocycles. The molecule has 68 heavy (non-hydrogen) atoms. The van der Waals surface area contributed by atoms with Gasteiger partial charge in [0.2, 0.25) is 53.2 Å². The van der Waals surface area contributed by atoms with Crippen molar-refractivity contribution in [3.63, 3.8) is 0 Å². The van der Waals surface area contributed by atoms with Crippen molar-refractivity contribution >= 4 is 65.1 Å². The fourth-order valence-corrected chi connectivity index (χ4v) is 6.22. The lowest BCUT2D eigenvalue weighted by Gasteiger charge is -2.28. The van der Waals surface area contributed by atoms with Crippen LogP contribution in [0.25, 0.3) is 0 Å². The Hall–Kier alpha value is -6.93. The number of guanidine groups is 1. The van der Waals surface area contributed by atoms with Gasteiger partial charge >= 0.3 is 5.97 Å². The summed E-state index contributed by atoms with van der Waals surface area (Å²) < 4.78 is 0. The van der Waals surface area contributed by atoms with Gasteiger partial charge < -0.3 is 80.8 Å². The highest BCUT2D eigenvalue weighted by molar-refractivity contribution is 5.99. The van der Waals surface area contributed by atoms with E-state index in [1.165, 1.54) is 6.92 Å². The monoisotopic (exact) mass is 964 g/mol. The van der Waals surface area contributed by atoms with E-state index >= 15 is 0 Å². The van der Waals surface area contributed by atoms with Gasteiger partial charge in [0.1, 0.15) is 42.3 Å². The normalized spacial score (nSPS) is 15.0. The number of nitrogens with one attached hydrogen (secondary N) is 8. The van der Waals surface area contributed by atoms with Gasteiger partial charge in [-0.25, -0.2) is 4.79 Å². The van der Waals surface area contributed by atoms with Crippen molar-refractivity contribution in [1.82, 2.24) is 42.5 Å². The highest BCUT2D eigenvalue weighted by atomic mass is 16.4. The van der Waals surface area contributed by atoms with E-state index in [0.29, 0.717) is 0 Å². The molecule has 0 aliphatic carbocycles. The molecule has 9 atom stereocenters. The summed E-state index contributed by atoms with van der Waals surface area (Å²) in [7, 11) is 0. The van der Waals surface area contributed by atoms with E-state index in [9.17, 15) is 63.3 Å². The maximum atomic E-state index is 13.6. The number of aliphatic hydroxyl groups is 2. The zero-order chi connectivity index (χ0) is 51.8. The van der Waals surface area contributed by atoms with Crippen molar-refractivity contribution in [2.24, 2.45) is 39.8 Å². The number of carboxylic acid groups (broad SMARTS) is 1. The largest absolute Gasteiger partial charge is 0.480 e. The number of nitrogens with two attached hydrogens (primary N) is 4. The summed E-state index contributed by atoms with van der Waals surface area (Å²) in [5, 5.41) is 48.5. The summed E-state index contributed by atoms with van der Waals surface area (Å²) in [6, 6.07) is -2.63. The molecule has 1 aromatic rings. The third-order valence-corrected chi connectivity index (χ3v) is 9.89. The number of carbonyl (C=O) groups excluding carboxylic acids is 9. The second kappa shape index (κ2) is 29.7. The molecule has 0 fully saturated rings. The molecule has 26 heteroatoms. The van der Waals surface area contributed by atoms with E-state index in [1.807, 2.05) is 0 Å². The highest BCUT2D eigenvalue weighted by Gasteiger charge is 2.35. The number of hydrogen-bond acceptors (Lipinski definition) is 14. The molecule has 0 bridgehead atoms. The predicted octanol–water partition coefficient (Wildman–Crippen LogP) is -5.83. The van der Waals surface area contributed by atoms with Crippen LogP contribution in [-0.4, -0.2) is 155 Å². The minimum absolute atomic E-state index is 0.0452. The SMILES string of the molecule is CC(C)C[C@H](NC(=O)[C@H](CC(N)=O)NC(=O)[C@H](CO)NC(=O)[C@@H](NC(=O)[C@@H](N)Cc1ccccc1)C(C)C)C(=O)N[C@@H](C)C(=O)N[C@H](C(=O)NCC(=O)N[C@@H](CCCN=C(N)N)C(=O)O)[C@@H](C)O. The molecule has 0 saturated heterocycles. The lowest BCUT2D eigenvalue weighted by molar-refractivity contribution is -0.142. The molecular weight excluding hydrogens is 895 g/mol. The van der Waals surface area contributed by atoms with Crippen LogP contribution in [0.1, 0.15) is 72.8 Å². The summed E-state index contributed by atoms with van der Waals surface area (Å²) in [5.74, 6) is -11.0. The first-order chi connectivity index (χ1) is 31.8. The topological polar surface area (TPSA) is 444 Å². The fraction of sp³-hybridized carbons (Fsp3) is 0.595. The van der Waals surface area contributed by atoms with Crippen molar-refractivity contribution in [2.45, 2.75) is 128 Å². The second-order valence-electron chi connectivity index (χ2n) is 16.8. The number of aliphatic carboxylic acids is 1. The zero-order valence-electron chi connectivity index (χ0n) is 39.1. The molecule has 26 nitrogen and oxygen atoms in total. The maximum absolute atomic E-state index is 13.6. The Kier molecular flexibility index (Phi) is 25.8. The van der Waals surface area contributed by atoms with Gasteiger partial charge in [0.05, 0.1) is 31.7 Å². The van der Waals surface area contributed by atoms with Crippen LogP contribution in [0.5, 0.6) is 0 Å². The van der Waals surface area contributed by atoms with Gasteiger partial charge in [-0.3, -0.25) is 48.1 Å².